The highest BCUT2D eigenvalue weighted by Gasteiger charge is 2.36. The van der Waals surface area contributed by atoms with Crippen molar-refractivity contribution >= 4 is 17.6 Å². The molecule has 2 atom stereocenters. The molecule has 1 aromatic heterocycles. The van der Waals surface area contributed by atoms with Crippen molar-refractivity contribution in [3.63, 3.8) is 0 Å². The van der Waals surface area contributed by atoms with E-state index in [0.717, 1.165) is 12.8 Å². The van der Waals surface area contributed by atoms with Crippen LogP contribution in [0.25, 0.3) is 5.69 Å². The molecule has 0 aliphatic heterocycles. The third kappa shape index (κ3) is 3.16. The van der Waals surface area contributed by atoms with E-state index in [1.54, 1.807) is 18.7 Å². The minimum atomic E-state index is -0.948. The van der Waals surface area contributed by atoms with Crippen molar-refractivity contribution in [3.8, 4) is 5.69 Å². The number of amides is 1. The predicted octanol–water partition coefficient (Wildman–Crippen LogP) is 2.31. The van der Waals surface area contributed by atoms with E-state index in [0.29, 0.717) is 24.2 Å². The van der Waals surface area contributed by atoms with Crippen molar-refractivity contribution < 1.29 is 14.7 Å². The van der Waals surface area contributed by atoms with Crippen LogP contribution in [0, 0.1) is 18.8 Å². The number of carboxylic acid groups (broad SMARTS) is 1. The minimum Gasteiger partial charge on any atom is -0.481 e. The van der Waals surface area contributed by atoms with Gasteiger partial charge in [0.15, 0.2) is 0 Å². The first-order valence-corrected chi connectivity index (χ1v) is 8.79. The molecule has 1 amide bonds. The molecule has 7 nitrogen and oxygen atoms in total. The second kappa shape index (κ2) is 7.19. The smallest absolute Gasteiger partial charge is 0.307 e. The average molecular weight is 357 g/mol. The maximum atomic E-state index is 12.9. The summed E-state index contributed by atoms with van der Waals surface area (Å²) in [5, 5.41) is 12.1. The lowest BCUT2D eigenvalue weighted by molar-refractivity contribution is -0.147. The molecule has 0 radical (unpaired) electrons. The van der Waals surface area contributed by atoms with Crippen LogP contribution in [0.15, 0.2) is 35.1 Å². The second-order valence-corrected chi connectivity index (χ2v) is 6.76. The molecule has 0 saturated heterocycles. The fourth-order valence-electron chi connectivity index (χ4n) is 3.67. The summed E-state index contributed by atoms with van der Waals surface area (Å²) in [4.78, 5) is 37.0. The maximum absolute atomic E-state index is 12.9. The van der Waals surface area contributed by atoms with Gasteiger partial charge in [-0.15, -0.1) is 0 Å². The molecule has 1 saturated carbocycles. The number of carbonyl (C=O) groups is 2. The van der Waals surface area contributed by atoms with Crippen LogP contribution >= 0.6 is 0 Å². The van der Waals surface area contributed by atoms with Gasteiger partial charge in [0, 0.05) is 7.05 Å². The summed E-state index contributed by atoms with van der Waals surface area (Å²) in [7, 11) is 1.75. The Morgan fingerprint density at radius 1 is 1.12 bits per heavy atom. The third-order valence-corrected chi connectivity index (χ3v) is 5.22. The zero-order chi connectivity index (χ0) is 18.8. The number of rotatable bonds is 4. The maximum Gasteiger partial charge on any atom is 0.307 e. The van der Waals surface area contributed by atoms with Crippen molar-refractivity contribution in [2.24, 2.45) is 18.9 Å². The summed E-state index contributed by atoms with van der Waals surface area (Å²) in [5.41, 5.74) is 1.20. The van der Waals surface area contributed by atoms with Gasteiger partial charge in [-0.25, -0.2) is 4.68 Å². The van der Waals surface area contributed by atoms with E-state index in [-0.39, 0.29) is 17.2 Å². The number of carboxylic acids is 1. The van der Waals surface area contributed by atoms with Crippen molar-refractivity contribution in [2.75, 3.05) is 5.32 Å². The number of nitrogens with one attached hydrogen (secondary N) is 1. The molecule has 0 bridgehead atoms. The van der Waals surface area contributed by atoms with E-state index in [9.17, 15) is 19.5 Å². The second-order valence-electron chi connectivity index (χ2n) is 6.76. The minimum absolute atomic E-state index is 0.205. The molecular weight excluding hydrogens is 334 g/mol. The van der Waals surface area contributed by atoms with Crippen LogP contribution in [0.5, 0.6) is 0 Å². The zero-order valence-corrected chi connectivity index (χ0v) is 14.9. The van der Waals surface area contributed by atoms with Gasteiger partial charge >= 0.3 is 5.97 Å². The number of hydrogen-bond acceptors (Lipinski definition) is 3. The van der Waals surface area contributed by atoms with Crippen LogP contribution in [0.2, 0.25) is 0 Å². The lowest BCUT2D eigenvalue weighted by atomic mass is 9.78. The molecule has 1 fully saturated rings. The fraction of sp³-hybridized carbons (Fsp3) is 0.421. The fourth-order valence-corrected chi connectivity index (χ4v) is 3.67. The molecule has 1 aliphatic rings. The molecule has 3 rings (SSSR count). The number of nitrogens with zero attached hydrogens (tertiary/aromatic N) is 2. The lowest BCUT2D eigenvalue weighted by Gasteiger charge is -2.27. The van der Waals surface area contributed by atoms with E-state index in [1.807, 2.05) is 30.3 Å². The molecule has 1 heterocycles. The van der Waals surface area contributed by atoms with Gasteiger partial charge in [-0.1, -0.05) is 31.0 Å². The summed E-state index contributed by atoms with van der Waals surface area (Å²) >= 11 is 0. The van der Waals surface area contributed by atoms with Gasteiger partial charge in [0.05, 0.1) is 23.2 Å². The highest BCUT2D eigenvalue weighted by Crippen LogP contribution is 2.31. The van der Waals surface area contributed by atoms with Crippen molar-refractivity contribution in [2.45, 2.75) is 32.6 Å². The predicted molar refractivity (Wildman–Crippen MR) is 97.5 cm³/mol. The van der Waals surface area contributed by atoms with Gasteiger partial charge in [0.1, 0.15) is 5.69 Å². The Morgan fingerprint density at radius 2 is 1.73 bits per heavy atom. The summed E-state index contributed by atoms with van der Waals surface area (Å²) in [6.45, 7) is 1.76. The Kier molecular flexibility index (Phi) is 4.97. The Hall–Kier alpha value is -2.83. The Labute approximate surface area is 151 Å². The molecule has 1 aromatic carbocycles. The number of carbonyl (C=O) groups excluding carboxylic acids is 1. The van der Waals surface area contributed by atoms with Crippen molar-refractivity contribution in [1.82, 2.24) is 9.36 Å². The summed E-state index contributed by atoms with van der Waals surface area (Å²) in [6, 6.07) is 9.16. The topological polar surface area (TPSA) is 93.3 Å². The molecule has 1 aliphatic carbocycles. The van der Waals surface area contributed by atoms with Crippen molar-refractivity contribution in [1.29, 1.82) is 0 Å². The average Bonchev–Trinajstić information content (AvgIpc) is 2.85. The largest absolute Gasteiger partial charge is 0.481 e. The summed E-state index contributed by atoms with van der Waals surface area (Å²) < 4.78 is 3.17. The van der Waals surface area contributed by atoms with Crippen LogP contribution in [-0.4, -0.2) is 26.3 Å². The lowest BCUT2D eigenvalue weighted by Crippen LogP contribution is -2.37. The summed E-state index contributed by atoms with van der Waals surface area (Å²) in [5.74, 6) is -2.63. The number of benzene rings is 1. The van der Waals surface area contributed by atoms with E-state index in [1.165, 1.54) is 4.68 Å². The van der Waals surface area contributed by atoms with Gasteiger partial charge < -0.3 is 10.4 Å². The molecule has 26 heavy (non-hydrogen) atoms. The molecule has 2 aromatic rings. The molecular formula is C19H23N3O4. The van der Waals surface area contributed by atoms with Gasteiger partial charge in [0.2, 0.25) is 5.91 Å². The zero-order valence-electron chi connectivity index (χ0n) is 14.9. The van der Waals surface area contributed by atoms with Crippen LogP contribution in [-0.2, 0) is 16.6 Å². The number of aliphatic carboxylic acids is 1. The van der Waals surface area contributed by atoms with Gasteiger partial charge in [-0.2, -0.15) is 0 Å². The molecule has 7 heteroatoms. The number of aromatic nitrogens is 2. The quantitative estimate of drug-likeness (QED) is 0.878. The third-order valence-electron chi connectivity index (χ3n) is 5.22. The van der Waals surface area contributed by atoms with Gasteiger partial charge in [-0.05, 0) is 31.9 Å². The SMILES string of the molecule is Cc1c(NC(=O)C2CCCCC2C(=O)O)c(=O)n(-c2ccccc2)n1C. The highest BCUT2D eigenvalue weighted by atomic mass is 16.4. The van der Waals surface area contributed by atoms with Crippen LogP contribution < -0.4 is 10.9 Å². The Balaban J connectivity index is 1.92. The standard InChI is InChI=1S/C19H23N3O4/c1-12-16(18(24)22(21(12)2)13-8-4-3-5-9-13)20-17(23)14-10-6-7-11-15(14)19(25)26/h3-5,8-9,14-15H,6-7,10-11H2,1-2H3,(H,20,23)(H,25,26). The van der Waals surface area contributed by atoms with E-state index in [4.69, 9.17) is 0 Å². The molecule has 0 spiro atoms. The highest BCUT2D eigenvalue weighted by molar-refractivity contribution is 5.95. The Bertz CT molecular complexity index is 882. The first-order valence-electron chi connectivity index (χ1n) is 8.79. The van der Waals surface area contributed by atoms with E-state index in [2.05, 4.69) is 5.32 Å². The number of anilines is 1. The summed E-state index contributed by atoms with van der Waals surface area (Å²) in [6.07, 6.45) is 2.66. The van der Waals surface area contributed by atoms with Crippen LogP contribution in [0.4, 0.5) is 5.69 Å². The first-order chi connectivity index (χ1) is 12.4. The number of para-hydroxylation sites is 1. The number of hydrogen-bond donors (Lipinski definition) is 2. The van der Waals surface area contributed by atoms with Crippen molar-refractivity contribution in [3.05, 3.63) is 46.4 Å². The monoisotopic (exact) mass is 357 g/mol. The normalized spacial score (nSPS) is 19.9. The molecule has 138 valence electrons. The van der Waals surface area contributed by atoms with Crippen LogP contribution in [0.1, 0.15) is 31.4 Å². The van der Waals surface area contributed by atoms with Gasteiger partial charge in [0.25, 0.3) is 5.56 Å². The Morgan fingerprint density at radius 3 is 2.35 bits per heavy atom. The first kappa shape index (κ1) is 18.0. The van der Waals surface area contributed by atoms with Gasteiger partial charge in [-0.3, -0.25) is 19.1 Å². The molecule has 2 unspecified atom stereocenters. The van der Waals surface area contributed by atoms with Crippen LogP contribution in [0.3, 0.4) is 0 Å². The van der Waals surface area contributed by atoms with E-state index < -0.39 is 17.8 Å². The van der Waals surface area contributed by atoms with E-state index >= 15 is 0 Å². The molecule has 2 N–H and O–H groups in total.